The fourth-order valence-electron chi connectivity index (χ4n) is 1.45. The van der Waals surface area contributed by atoms with Gasteiger partial charge in [-0.3, -0.25) is 4.55 Å². The monoisotopic (exact) mass is 326 g/mol. The van der Waals surface area contributed by atoms with Gasteiger partial charge >= 0.3 is 12.1 Å². The lowest BCUT2D eigenvalue weighted by atomic mass is 10.1. The minimum atomic E-state index is -5.11. The number of hydrogen-bond donors (Lipinski definition) is 1. The number of rotatable bonds is 4. The molecule has 1 aromatic carbocycles. The van der Waals surface area contributed by atoms with E-state index in [1.54, 1.807) is 13.8 Å². The maximum absolute atomic E-state index is 12.6. The molecule has 0 aliphatic rings. The lowest BCUT2D eigenvalue weighted by Crippen LogP contribution is -2.39. The third kappa shape index (κ3) is 5.35. The number of hydrogen-bond acceptors (Lipinski definition) is 4. The van der Waals surface area contributed by atoms with Gasteiger partial charge in [-0.05, 0) is 37.1 Å². The van der Waals surface area contributed by atoms with E-state index in [9.17, 15) is 26.4 Å². The number of aryl methyl sites for hydroxylation is 2. The van der Waals surface area contributed by atoms with E-state index < -0.39 is 34.1 Å². The SMILES string of the molecule is Cc1ccc(C(=O)OC(CS(=O)(=O)O)C(F)(F)F)cc1C. The zero-order valence-electron chi connectivity index (χ0n) is 11.1. The van der Waals surface area contributed by atoms with Gasteiger partial charge in [-0.15, -0.1) is 0 Å². The standard InChI is InChI=1S/C12H13F3O5S/c1-7-3-4-9(5-8(7)2)11(16)20-10(12(13,14)15)6-21(17,18)19/h3-5,10H,6H2,1-2H3,(H,17,18,19). The fourth-order valence-corrected chi connectivity index (χ4v) is 2.09. The first kappa shape index (κ1) is 17.4. The number of carbonyl (C=O) groups is 1. The van der Waals surface area contributed by atoms with Crippen molar-refractivity contribution < 1.29 is 35.7 Å². The van der Waals surface area contributed by atoms with E-state index in [1.165, 1.54) is 18.2 Å². The molecule has 0 radical (unpaired) electrons. The lowest BCUT2D eigenvalue weighted by molar-refractivity contribution is -0.197. The maximum atomic E-state index is 12.6. The van der Waals surface area contributed by atoms with Gasteiger partial charge in [0.1, 0.15) is 5.75 Å². The van der Waals surface area contributed by atoms with E-state index in [0.717, 1.165) is 5.56 Å². The summed E-state index contributed by atoms with van der Waals surface area (Å²) in [5.74, 6) is -3.06. The quantitative estimate of drug-likeness (QED) is 0.678. The van der Waals surface area contributed by atoms with Crippen LogP contribution in [0.25, 0.3) is 0 Å². The molecule has 0 fully saturated rings. The molecule has 1 unspecified atom stereocenters. The van der Waals surface area contributed by atoms with Crippen molar-refractivity contribution >= 4 is 16.1 Å². The Morgan fingerprint density at radius 1 is 1.29 bits per heavy atom. The molecule has 0 amide bonds. The smallest absolute Gasteiger partial charge is 0.426 e. The number of esters is 1. The van der Waals surface area contributed by atoms with Crippen molar-refractivity contribution in [3.63, 3.8) is 0 Å². The van der Waals surface area contributed by atoms with Gasteiger partial charge in [0.05, 0.1) is 5.56 Å². The van der Waals surface area contributed by atoms with Gasteiger partial charge in [-0.25, -0.2) is 4.79 Å². The van der Waals surface area contributed by atoms with Gasteiger partial charge in [-0.1, -0.05) is 6.07 Å². The lowest BCUT2D eigenvalue weighted by Gasteiger charge is -2.19. The predicted molar refractivity (Wildman–Crippen MR) is 67.6 cm³/mol. The van der Waals surface area contributed by atoms with Crippen LogP contribution in [0.15, 0.2) is 18.2 Å². The summed E-state index contributed by atoms with van der Waals surface area (Å²) in [5.41, 5.74) is 1.36. The summed E-state index contributed by atoms with van der Waals surface area (Å²) in [6, 6.07) is 4.13. The van der Waals surface area contributed by atoms with Crippen LogP contribution in [0.2, 0.25) is 0 Å². The number of alkyl halides is 3. The molecule has 21 heavy (non-hydrogen) atoms. The summed E-state index contributed by atoms with van der Waals surface area (Å²) in [7, 11) is -4.95. The highest BCUT2D eigenvalue weighted by molar-refractivity contribution is 7.85. The van der Waals surface area contributed by atoms with Crippen molar-refractivity contribution in [3.8, 4) is 0 Å². The number of benzene rings is 1. The second kappa shape index (κ2) is 6.02. The van der Waals surface area contributed by atoms with Crippen molar-refractivity contribution in [1.82, 2.24) is 0 Å². The Hall–Kier alpha value is -1.61. The first-order valence-corrected chi connectivity index (χ1v) is 7.31. The van der Waals surface area contributed by atoms with Crippen LogP contribution in [0, 0.1) is 13.8 Å². The second-order valence-electron chi connectivity index (χ2n) is 4.48. The summed E-state index contributed by atoms with van der Waals surface area (Å²) in [6.45, 7) is 3.41. The van der Waals surface area contributed by atoms with Crippen molar-refractivity contribution in [2.75, 3.05) is 5.75 Å². The van der Waals surface area contributed by atoms with Crippen LogP contribution < -0.4 is 0 Å². The van der Waals surface area contributed by atoms with Gasteiger partial charge in [0.25, 0.3) is 10.1 Å². The van der Waals surface area contributed by atoms with Crippen LogP contribution in [-0.4, -0.2) is 37.0 Å². The van der Waals surface area contributed by atoms with Gasteiger partial charge in [-0.2, -0.15) is 21.6 Å². The zero-order chi connectivity index (χ0) is 16.4. The van der Waals surface area contributed by atoms with Gasteiger partial charge < -0.3 is 4.74 Å². The Morgan fingerprint density at radius 2 is 1.86 bits per heavy atom. The van der Waals surface area contributed by atoms with Crippen LogP contribution >= 0.6 is 0 Å². The van der Waals surface area contributed by atoms with Crippen LogP contribution in [0.1, 0.15) is 21.5 Å². The highest BCUT2D eigenvalue weighted by Gasteiger charge is 2.45. The number of ether oxygens (including phenoxy) is 1. The Labute approximate surface area is 119 Å². The Balaban J connectivity index is 2.98. The largest absolute Gasteiger partial charge is 0.448 e. The molecule has 0 aliphatic heterocycles. The molecule has 1 aromatic rings. The minimum absolute atomic E-state index is 0.136. The van der Waals surface area contributed by atoms with E-state index in [-0.39, 0.29) is 5.56 Å². The minimum Gasteiger partial charge on any atom is -0.448 e. The van der Waals surface area contributed by atoms with E-state index in [4.69, 9.17) is 4.55 Å². The first-order chi connectivity index (χ1) is 9.40. The topological polar surface area (TPSA) is 80.7 Å². The third-order valence-corrected chi connectivity index (χ3v) is 3.44. The average molecular weight is 326 g/mol. The van der Waals surface area contributed by atoms with Crippen molar-refractivity contribution in [3.05, 3.63) is 34.9 Å². The van der Waals surface area contributed by atoms with Crippen molar-refractivity contribution in [2.45, 2.75) is 26.1 Å². The number of carbonyl (C=O) groups excluding carboxylic acids is 1. The molecule has 0 aromatic heterocycles. The molecular formula is C12H13F3O5S. The second-order valence-corrected chi connectivity index (χ2v) is 5.98. The summed E-state index contributed by atoms with van der Waals surface area (Å²) < 4.78 is 71.7. The van der Waals surface area contributed by atoms with Gasteiger partial charge in [0.2, 0.25) is 6.10 Å². The van der Waals surface area contributed by atoms with E-state index in [2.05, 4.69) is 4.74 Å². The average Bonchev–Trinajstić information content (AvgIpc) is 2.28. The molecule has 0 spiro atoms. The van der Waals surface area contributed by atoms with Gasteiger partial charge in [0.15, 0.2) is 0 Å². The van der Waals surface area contributed by atoms with Crippen LogP contribution in [0.3, 0.4) is 0 Å². The Kier molecular flexibility index (Phi) is 5.00. The molecule has 1 atom stereocenters. The highest BCUT2D eigenvalue weighted by atomic mass is 32.2. The molecule has 0 saturated heterocycles. The summed E-state index contributed by atoms with van der Waals surface area (Å²) in [5, 5.41) is 0. The summed E-state index contributed by atoms with van der Waals surface area (Å²) in [4.78, 5) is 11.7. The van der Waals surface area contributed by atoms with E-state index in [0.29, 0.717) is 5.56 Å². The van der Waals surface area contributed by atoms with Crippen LogP contribution in [-0.2, 0) is 14.9 Å². The fraction of sp³-hybridized carbons (Fsp3) is 0.417. The summed E-state index contributed by atoms with van der Waals surface area (Å²) >= 11 is 0. The highest BCUT2D eigenvalue weighted by Crippen LogP contribution is 2.25. The molecule has 0 saturated carbocycles. The molecule has 0 bridgehead atoms. The Bertz CT molecular complexity index is 637. The van der Waals surface area contributed by atoms with Crippen LogP contribution in [0.4, 0.5) is 13.2 Å². The molecule has 1 rings (SSSR count). The van der Waals surface area contributed by atoms with E-state index >= 15 is 0 Å². The molecule has 0 aliphatic carbocycles. The molecule has 9 heteroatoms. The summed E-state index contributed by atoms with van der Waals surface area (Å²) in [6.07, 6.45) is -8.04. The molecule has 5 nitrogen and oxygen atoms in total. The van der Waals surface area contributed by atoms with Gasteiger partial charge in [0, 0.05) is 0 Å². The van der Waals surface area contributed by atoms with E-state index in [1.807, 2.05) is 0 Å². The first-order valence-electron chi connectivity index (χ1n) is 5.70. The van der Waals surface area contributed by atoms with Crippen molar-refractivity contribution in [1.29, 1.82) is 0 Å². The number of halogens is 3. The molecular weight excluding hydrogens is 313 g/mol. The molecule has 118 valence electrons. The normalized spacial score (nSPS) is 13.8. The van der Waals surface area contributed by atoms with Crippen LogP contribution in [0.5, 0.6) is 0 Å². The van der Waals surface area contributed by atoms with Crippen molar-refractivity contribution in [2.24, 2.45) is 0 Å². The molecule has 0 heterocycles. The molecule has 1 N–H and O–H groups in total. The predicted octanol–water partition coefficient (Wildman–Crippen LogP) is 2.28. The maximum Gasteiger partial charge on any atom is 0.426 e. The Morgan fingerprint density at radius 3 is 2.29 bits per heavy atom. The zero-order valence-corrected chi connectivity index (χ0v) is 12.0. The third-order valence-electron chi connectivity index (χ3n) is 2.72.